The number of pyridine rings is 1. The lowest BCUT2D eigenvalue weighted by Gasteiger charge is -2.33. The summed E-state index contributed by atoms with van der Waals surface area (Å²) in [4.78, 5) is 21.9. The number of aromatic nitrogens is 1. The second-order valence-corrected chi connectivity index (χ2v) is 7.64. The zero-order chi connectivity index (χ0) is 18.8. The standard InChI is InChI=1S/C22H27N3O2/c1-24(2)20-14-17(9-11-23-20)21-19-8-4-3-6-16(19)7-5-12-25(21)22(26)18-10-13-27-15-18/h3-4,6,8-9,11,14,18,21H,5,7,10,12-13,15H2,1-2H3/t18-,21-/m1/s1. The van der Waals surface area contributed by atoms with Crippen LogP contribution in [-0.2, 0) is 16.0 Å². The minimum absolute atomic E-state index is 0.0204. The van der Waals surface area contributed by atoms with E-state index in [0.29, 0.717) is 13.2 Å². The zero-order valence-corrected chi connectivity index (χ0v) is 16.1. The molecule has 0 radical (unpaired) electrons. The summed E-state index contributed by atoms with van der Waals surface area (Å²) in [6.07, 6.45) is 4.66. The molecule has 1 aromatic heterocycles. The molecule has 2 aliphatic heterocycles. The maximum Gasteiger partial charge on any atom is 0.228 e. The number of fused-ring (bicyclic) bond motifs is 1. The molecule has 142 valence electrons. The predicted molar refractivity (Wildman–Crippen MR) is 106 cm³/mol. The Hall–Kier alpha value is -2.40. The van der Waals surface area contributed by atoms with Crippen molar-refractivity contribution in [2.75, 3.05) is 38.8 Å². The van der Waals surface area contributed by atoms with Crippen LogP contribution in [0.1, 0.15) is 35.6 Å². The van der Waals surface area contributed by atoms with Crippen LogP contribution in [0, 0.1) is 5.92 Å². The zero-order valence-electron chi connectivity index (χ0n) is 16.1. The Labute approximate surface area is 161 Å². The summed E-state index contributed by atoms with van der Waals surface area (Å²) in [6.45, 7) is 2.00. The van der Waals surface area contributed by atoms with Crippen LogP contribution in [0.2, 0.25) is 0 Å². The molecule has 5 heteroatoms. The van der Waals surface area contributed by atoms with Gasteiger partial charge in [0.1, 0.15) is 5.82 Å². The summed E-state index contributed by atoms with van der Waals surface area (Å²) >= 11 is 0. The van der Waals surface area contributed by atoms with E-state index < -0.39 is 0 Å². The molecule has 0 bridgehead atoms. The van der Waals surface area contributed by atoms with Crippen molar-refractivity contribution >= 4 is 11.7 Å². The minimum Gasteiger partial charge on any atom is -0.381 e. The Kier molecular flexibility index (Phi) is 5.12. The third kappa shape index (κ3) is 3.56. The van der Waals surface area contributed by atoms with Crippen LogP contribution in [0.15, 0.2) is 42.6 Å². The first-order valence-electron chi connectivity index (χ1n) is 9.74. The van der Waals surface area contributed by atoms with Crippen molar-refractivity contribution in [3.8, 4) is 0 Å². The molecule has 1 fully saturated rings. The highest BCUT2D eigenvalue weighted by molar-refractivity contribution is 5.80. The molecule has 3 heterocycles. The molecule has 0 spiro atoms. The summed E-state index contributed by atoms with van der Waals surface area (Å²) in [7, 11) is 3.98. The van der Waals surface area contributed by atoms with E-state index in [4.69, 9.17) is 4.74 Å². The van der Waals surface area contributed by atoms with Gasteiger partial charge in [-0.05, 0) is 48.1 Å². The van der Waals surface area contributed by atoms with Crippen molar-refractivity contribution in [1.29, 1.82) is 0 Å². The monoisotopic (exact) mass is 365 g/mol. The first-order valence-corrected chi connectivity index (χ1v) is 9.74. The van der Waals surface area contributed by atoms with Crippen molar-refractivity contribution in [3.05, 3.63) is 59.3 Å². The minimum atomic E-state index is -0.0708. The van der Waals surface area contributed by atoms with E-state index in [0.717, 1.165) is 37.2 Å². The van der Waals surface area contributed by atoms with E-state index in [2.05, 4.69) is 40.2 Å². The molecule has 0 saturated carbocycles. The summed E-state index contributed by atoms with van der Waals surface area (Å²) in [5.41, 5.74) is 3.69. The van der Waals surface area contributed by atoms with Gasteiger partial charge in [-0.2, -0.15) is 0 Å². The fourth-order valence-corrected chi connectivity index (χ4v) is 4.17. The first-order chi connectivity index (χ1) is 13.1. The predicted octanol–water partition coefficient (Wildman–Crippen LogP) is 3.05. The van der Waals surface area contributed by atoms with E-state index in [9.17, 15) is 4.79 Å². The Morgan fingerprint density at radius 1 is 1.26 bits per heavy atom. The van der Waals surface area contributed by atoms with Gasteiger partial charge < -0.3 is 14.5 Å². The van der Waals surface area contributed by atoms with Gasteiger partial charge in [-0.15, -0.1) is 0 Å². The molecule has 0 unspecified atom stereocenters. The highest BCUT2D eigenvalue weighted by Gasteiger charge is 2.35. The number of carbonyl (C=O) groups is 1. The first kappa shape index (κ1) is 18.0. The van der Waals surface area contributed by atoms with Crippen LogP contribution in [0.25, 0.3) is 0 Å². The fraction of sp³-hybridized carbons (Fsp3) is 0.455. The van der Waals surface area contributed by atoms with Crippen molar-refractivity contribution in [2.45, 2.75) is 25.3 Å². The molecule has 4 rings (SSSR count). The number of amides is 1. The third-order valence-electron chi connectivity index (χ3n) is 5.61. The van der Waals surface area contributed by atoms with Crippen molar-refractivity contribution in [1.82, 2.24) is 9.88 Å². The number of nitrogens with zero attached hydrogens (tertiary/aromatic N) is 3. The van der Waals surface area contributed by atoms with Crippen LogP contribution in [-0.4, -0.2) is 49.6 Å². The summed E-state index contributed by atoms with van der Waals surface area (Å²) in [5, 5.41) is 0. The Bertz CT molecular complexity index is 815. The Morgan fingerprint density at radius 3 is 2.89 bits per heavy atom. The van der Waals surface area contributed by atoms with Gasteiger partial charge in [0.15, 0.2) is 0 Å². The summed E-state index contributed by atoms with van der Waals surface area (Å²) < 4.78 is 5.50. The second kappa shape index (κ2) is 7.69. The quantitative estimate of drug-likeness (QED) is 0.839. The van der Waals surface area contributed by atoms with Gasteiger partial charge in [-0.3, -0.25) is 4.79 Å². The topological polar surface area (TPSA) is 45.7 Å². The van der Waals surface area contributed by atoms with E-state index in [-0.39, 0.29) is 17.9 Å². The number of aryl methyl sites for hydroxylation is 1. The molecule has 27 heavy (non-hydrogen) atoms. The van der Waals surface area contributed by atoms with Gasteiger partial charge in [0.25, 0.3) is 0 Å². The van der Waals surface area contributed by atoms with Crippen molar-refractivity contribution in [2.24, 2.45) is 5.92 Å². The van der Waals surface area contributed by atoms with E-state index in [1.165, 1.54) is 11.1 Å². The van der Waals surface area contributed by atoms with Crippen LogP contribution in [0.4, 0.5) is 5.82 Å². The van der Waals surface area contributed by atoms with Gasteiger partial charge in [0.2, 0.25) is 5.91 Å². The highest BCUT2D eigenvalue weighted by atomic mass is 16.5. The number of carbonyl (C=O) groups excluding carboxylic acids is 1. The average molecular weight is 365 g/mol. The molecular formula is C22H27N3O2. The summed E-state index contributed by atoms with van der Waals surface area (Å²) in [5.74, 6) is 1.11. The lowest BCUT2D eigenvalue weighted by molar-refractivity contribution is -0.137. The highest BCUT2D eigenvalue weighted by Crippen LogP contribution is 2.36. The molecule has 1 amide bonds. The van der Waals surface area contributed by atoms with Crippen molar-refractivity contribution < 1.29 is 9.53 Å². The number of rotatable bonds is 3. The van der Waals surface area contributed by atoms with Crippen LogP contribution in [0.3, 0.4) is 0 Å². The molecule has 2 aliphatic rings. The molecule has 2 aromatic rings. The Morgan fingerprint density at radius 2 is 2.11 bits per heavy atom. The number of ether oxygens (including phenoxy) is 1. The molecule has 1 saturated heterocycles. The van der Waals surface area contributed by atoms with E-state index in [1.54, 1.807) is 0 Å². The maximum atomic E-state index is 13.4. The van der Waals surface area contributed by atoms with Gasteiger partial charge in [-0.1, -0.05) is 24.3 Å². The normalized spacial score (nSPS) is 22.2. The number of benzene rings is 1. The van der Waals surface area contributed by atoms with E-state index >= 15 is 0 Å². The fourth-order valence-electron chi connectivity index (χ4n) is 4.17. The van der Waals surface area contributed by atoms with Crippen LogP contribution in [0.5, 0.6) is 0 Å². The van der Waals surface area contributed by atoms with Gasteiger partial charge >= 0.3 is 0 Å². The molecule has 5 nitrogen and oxygen atoms in total. The Balaban J connectivity index is 1.80. The van der Waals surface area contributed by atoms with Crippen LogP contribution >= 0.6 is 0 Å². The number of anilines is 1. The summed E-state index contributed by atoms with van der Waals surface area (Å²) in [6, 6.07) is 12.6. The average Bonchev–Trinajstić information content (AvgIpc) is 3.15. The largest absolute Gasteiger partial charge is 0.381 e. The van der Waals surface area contributed by atoms with Gasteiger partial charge in [0, 0.05) is 33.4 Å². The lowest BCUT2D eigenvalue weighted by Crippen LogP contribution is -2.40. The molecule has 0 N–H and O–H groups in total. The number of hydrogen-bond acceptors (Lipinski definition) is 4. The molecule has 0 aliphatic carbocycles. The number of hydrogen-bond donors (Lipinski definition) is 0. The third-order valence-corrected chi connectivity index (χ3v) is 5.61. The van der Waals surface area contributed by atoms with Crippen LogP contribution < -0.4 is 4.90 Å². The molecule has 1 aromatic carbocycles. The molecule has 2 atom stereocenters. The van der Waals surface area contributed by atoms with Gasteiger partial charge in [-0.25, -0.2) is 4.98 Å². The van der Waals surface area contributed by atoms with E-state index in [1.807, 2.05) is 31.3 Å². The maximum absolute atomic E-state index is 13.4. The van der Waals surface area contributed by atoms with Gasteiger partial charge in [0.05, 0.1) is 18.6 Å². The second-order valence-electron chi connectivity index (χ2n) is 7.64. The smallest absolute Gasteiger partial charge is 0.228 e. The lowest BCUT2D eigenvalue weighted by atomic mass is 9.92. The molecular weight excluding hydrogens is 338 g/mol. The van der Waals surface area contributed by atoms with Crippen molar-refractivity contribution in [3.63, 3.8) is 0 Å². The SMILES string of the molecule is CN(C)c1cc([C@@H]2c3ccccc3CCCN2C(=O)[C@@H]2CCOC2)ccn1.